The molecule has 1 atom stereocenters. The SMILES string of the molecule is Cc1nc2c(NC(=O)N3CCCC3c3c(C)noc3C)cccn2n1. The highest BCUT2D eigenvalue weighted by molar-refractivity contribution is 5.93. The normalized spacial score (nSPS) is 17.4. The van der Waals surface area contributed by atoms with Gasteiger partial charge in [-0.25, -0.2) is 14.3 Å². The molecule has 130 valence electrons. The minimum atomic E-state index is -0.142. The Hall–Kier alpha value is -2.90. The lowest BCUT2D eigenvalue weighted by molar-refractivity contribution is 0.206. The van der Waals surface area contributed by atoms with Crippen molar-refractivity contribution in [1.82, 2.24) is 24.7 Å². The van der Waals surface area contributed by atoms with Gasteiger partial charge in [-0.2, -0.15) is 5.10 Å². The monoisotopic (exact) mass is 340 g/mol. The van der Waals surface area contributed by atoms with Gasteiger partial charge in [-0.1, -0.05) is 5.16 Å². The third kappa shape index (κ3) is 2.63. The summed E-state index contributed by atoms with van der Waals surface area (Å²) < 4.78 is 6.95. The first kappa shape index (κ1) is 15.6. The largest absolute Gasteiger partial charge is 0.361 e. The minimum absolute atomic E-state index is 0.00871. The van der Waals surface area contributed by atoms with E-state index in [0.717, 1.165) is 29.9 Å². The Bertz CT molecular complexity index is 924. The number of pyridine rings is 1. The molecule has 0 saturated carbocycles. The van der Waals surface area contributed by atoms with Crippen molar-refractivity contribution in [3.05, 3.63) is 41.2 Å². The van der Waals surface area contributed by atoms with Crippen molar-refractivity contribution < 1.29 is 9.32 Å². The van der Waals surface area contributed by atoms with E-state index in [9.17, 15) is 4.79 Å². The Morgan fingerprint density at radius 1 is 1.36 bits per heavy atom. The molecule has 2 amide bonds. The first-order valence-corrected chi connectivity index (χ1v) is 8.37. The van der Waals surface area contributed by atoms with E-state index in [1.54, 1.807) is 4.52 Å². The molecule has 4 heterocycles. The molecule has 0 aromatic carbocycles. The number of carbonyl (C=O) groups excluding carboxylic acids is 1. The Kier molecular flexibility index (Phi) is 3.67. The highest BCUT2D eigenvalue weighted by atomic mass is 16.5. The Balaban J connectivity index is 1.62. The molecule has 8 heteroatoms. The second-order valence-electron chi connectivity index (χ2n) is 6.37. The Morgan fingerprint density at radius 2 is 2.20 bits per heavy atom. The van der Waals surface area contributed by atoms with Crippen LogP contribution in [0.1, 0.15) is 41.7 Å². The van der Waals surface area contributed by atoms with Crippen LogP contribution >= 0.6 is 0 Å². The molecule has 1 fully saturated rings. The number of hydrogen-bond acceptors (Lipinski definition) is 5. The standard InChI is InChI=1S/C17H20N6O2/c1-10-15(11(2)25-21-10)14-7-5-8-22(14)17(24)19-13-6-4-9-23-16(13)18-12(3)20-23/h4,6,9,14H,5,7-8H2,1-3H3,(H,19,24). The lowest BCUT2D eigenvalue weighted by Gasteiger charge is -2.25. The number of hydrogen-bond donors (Lipinski definition) is 1. The molecule has 1 aliphatic rings. The van der Waals surface area contributed by atoms with Gasteiger partial charge in [0.25, 0.3) is 0 Å². The molecule has 8 nitrogen and oxygen atoms in total. The van der Waals surface area contributed by atoms with E-state index in [1.807, 2.05) is 44.0 Å². The molecule has 4 rings (SSSR count). The summed E-state index contributed by atoms with van der Waals surface area (Å²) in [5.41, 5.74) is 3.15. The zero-order chi connectivity index (χ0) is 17.6. The van der Waals surface area contributed by atoms with Crippen molar-refractivity contribution in [2.75, 3.05) is 11.9 Å². The molecule has 1 saturated heterocycles. The van der Waals surface area contributed by atoms with Gasteiger partial charge < -0.3 is 14.7 Å². The fourth-order valence-corrected chi connectivity index (χ4v) is 3.57. The maximum Gasteiger partial charge on any atom is 0.322 e. The molecule has 1 unspecified atom stereocenters. The number of fused-ring (bicyclic) bond motifs is 1. The van der Waals surface area contributed by atoms with Crippen LogP contribution in [0.4, 0.5) is 10.5 Å². The summed E-state index contributed by atoms with van der Waals surface area (Å²) in [4.78, 5) is 19.1. The van der Waals surface area contributed by atoms with Crippen molar-refractivity contribution in [3.63, 3.8) is 0 Å². The maximum atomic E-state index is 12.9. The maximum absolute atomic E-state index is 12.9. The fourth-order valence-electron chi connectivity index (χ4n) is 3.57. The van der Waals surface area contributed by atoms with E-state index in [2.05, 4.69) is 20.6 Å². The van der Waals surface area contributed by atoms with Gasteiger partial charge in [0.05, 0.1) is 17.4 Å². The zero-order valence-corrected chi connectivity index (χ0v) is 14.5. The van der Waals surface area contributed by atoms with Crippen molar-refractivity contribution >= 4 is 17.4 Å². The molecule has 0 aliphatic carbocycles. The van der Waals surface area contributed by atoms with E-state index < -0.39 is 0 Å². The summed E-state index contributed by atoms with van der Waals surface area (Å²) in [6, 6.07) is 3.52. The Morgan fingerprint density at radius 3 is 2.96 bits per heavy atom. The molecular weight excluding hydrogens is 320 g/mol. The van der Waals surface area contributed by atoms with E-state index in [4.69, 9.17) is 4.52 Å². The number of likely N-dealkylation sites (tertiary alicyclic amines) is 1. The predicted molar refractivity (Wildman–Crippen MR) is 91.4 cm³/mol. The predicted octanol–water partition coefficient (Wildman–Crippen LogP) is 3.01. The summed E-state index contributed by atoms with van der Waals surface area (Å²) in [5.74, 6) is 1.44. The van der Waals surface area contributed by atoms with Crippen LogP contribution in [0.15, 0.2) is 22.9 Å². The van der Waals surface area contributed by atoms with Gasteiger partial charge in [-0.3, -0.25) is 0 Å². The second-order valence-corrected chi connectivity index (χ2v) is 6.37. The Labute approximate surface area is 144 Å². The lowest BCUT2D eigenvalue weighted by Crippen LogP contribution is -2.35. The number of carbonyl (C=O) groups is 1. The molecular formula is C17H20N6O2. The summed E-state index contributed by atoms with van der Waals surface area (Å²) in [6.07, 6.45) is 3.68. The number of rotatable bonds is 2. The molecule has 0 bridgehead atoms. The van der Waals surface area contributed by atoms with Gasteiger partial charge in [0.1, 0.15) is 11.6 Å². The van der Waals surface area contributed by atoms with Crippen LogP contribution in [-0.2, 0) is 0 Å². The van der Waals surface area contributed by atoms with Crippen LogP contribution in [0.25, 0.3) is 5.65 Å². The number of urea groups is 1. The molecule has 3 aromatic rings. The smallest absolute Gasteiger partial charge is 0.322 e. The van der Waals surface area contributed by atoms with Crippen molar-refractivity contribution in [2.45, 2.75) is 39.7 Å². The van der Waals surface area contributed by atoms with Crippen LogP contribution in [0.3, 0.4) is 0 Å². The van der Waals surface area contributed by atoms with Crippen molar-refractivity contribution in [2.24, 2.45) is 0 Å². The van der Waals surface area contributed by atoms with Crippen LogP contribution in [-0.4, -0.2) is 37.2 Å². The van der Waals surface area contributed by atoms with Crippen molar-refractivity contribution in [3.8, 4) is 0 Å². The number of nitrogens with one attached hydrogen (secondary N) is 1. The third-order valence-corrected chi connectivity index (χ3v) is 4.65. The van der Waals surface area contributed by atoms with Gasteiger partial charge in [-0.15, -0.1) is 0 Å². The third-order valence-electron chi connectivity index (χ3n) is 4.65. The highest BCUT2D eigenvalue weighted by Gasteiger charge is 2.34. The number of aryl methyl sites for hydroxylation is 3. The molecule has 0 spiro atoms. The minimum Gasteiger partial charge on any atom is -0.361 e. The van der Waals surface area contributed by atoms with Crippen LogP contribution in [0.5, 0.6) is 0 Å². The first-order valence-electron chi connectivity index (χ1n) is 8.37. The van der Waals surface area contributed by atoms with Gasteiger partial charge in [0.2, 0.25) is 0 Å². The number of aromatic nitrogens is 4. The van der Waals surface area contributed by atoms with Gasteiger partial charge >= 0.3 is 6.03 Å². The van der Waals surface area contributed by atoms with Crippen LogP contribution < -0.4 is 5.32 Å². The summed E-state index contributed by atoms with van der Waals surface area (Å²) >= 11 is 0. The molecule has 0 radical (unpaired) electrons. The molecule has 1 aliphatic heterocycles. The molecule has 25 heavy (non-hydrogen) atoms. The topological polar surface area (TPSA) is 88.6 Å². The van der Waals surface area contributed by atoms with Crippen LogP contribution in [0, 0.1) is 20.8 Å². The average Bonchev–Trinajstić information content (AvgIpc) is 3.26. The van der Waals surface area contributed by atoms with Gasteiger partial charge in [0, 0.05) is 18.3 Å². The number of amides is 2. The first-order chi connectivity index (χ1) is 12.0. The fraction of sp³-hybridized carbons (Fsp3) is 0.412. The quantitative estimate of drug-likeness (QED) is 0.774. The average molecular weight is 340 g/mol. The summed E-state index contributed by atoms with van der Waals surface area (Å²) in [7, 11) is 0. The van der Waals surface area contributed by atoms with E-state index >= 15 is 0 Å². The second kappa shape index (κ2) is 5.87. The zero-order valence-electron chi connectivity index (χ0n) is 14.5. The highest BCUT2D eigenvalue weighted by Crippen LogP contribution is 2.36. The van der Waals surface area contributed by atoms with Crippen molar-refractivity contribution in [1.29, 1.82) is 0 Å². The van der Waals surface area contributed by atoms with E-state index in [1.165, 1.54) is 0 Å². The van der Waals surface area contributed by atoms with Crippen LogP contribution in [0.2, 0.25) is 0 Å². The van der Waals surface area contributed by atoms with E-state index in [0.29, 0.717) is 23.7 Å². The molecule has 1 N–H and O–H groups in total. The lowest BCUT2D eigenvalue weighted by atomic mass is 10.0. The number of anilines is 1. The number of nitrogens with zero attached hydrogens (tertiary/aromatic N) is 5. The molecule has 3 aromatic heterocycles. The summed E-state index contributed by atoms with van der Waals surface area (Å²) in [6.45, 7) is 6.34. The van der Waals surface area contributed by atoms with Gasteiger partial charge in [0.15, 0.2) is 5.65 Å². The van der Waals surface area contributed by atoms with Gasteiger partial charge in [-0.05, 0) is 45.7 Å². The summed E-state index contributed by atoms with van der Waals surface area (Å²) in [5, 5.41) is 11.3. The van der Waals surface area contributed by atoms with E-state index in [-0.39, 0.29) is 12.1 Å².